The molecule has 2 aromatic heterocycles. The molecule has 0 bridgehead atoms. The average Bonchev–Trinajstić information content (AvgIpc) is 3.04. The van der Waals surface area contributed by atoms with Crippen LogP contribution < -0.4 is 10.1 Å². The molecule has 3 rings (SSSR count). The summed E-state index contributed by atoms with van der Waals surface area (Å²) in [7, 11) is 0. The second kappa shape index (κ2) is 6.74. The zero-order valence-electron chi connectivity index (χ0n) is 14.1. The van der Waals surface area contributed by atoms with Crippen LogP contribution in [0.15, 0.2) is 49.1 Å². The van der Waals surface area contributed by atoms with Crippen LogP contribution in [0.5, 0.6) is 5.75 Å². The molecular formula is C19H21N3O2. The molecule has 3 aromatic rings. The average molecular weight is 323 g/mol. The Labute approximate surface area is 141 Å². The van der Waals surface area contributed by atoms with E-state index in [4.69, 9.17) is 4.74 Å². The molecule has 0 aliphatic carbocycles. The number of benzene rings is 1. The summed E-state index contributed by atoms with van der Waals surface area (Å²) >= 11 is 0. The molecular weight excluding hydrogens is 302 g/mol. The van der Waals surface area contributed by atoms with Crippen LogP contribution in [0.3, 0.4) is 0 Å². The highest BCUT2D eigenvalue weighted by atomic mass is 16.5. The summed E-state index contributed by atoms with van der Waals surface area (Å²) in [5.74, 6) is 0.692. The lowest BCUT2D eigenvalue weighted by molar-refractivity contribution is 0.0939. The third-order valence-corrected chi connectivity index (χ3v) is 3.96. The number of hydrogen-bond acceptors (Lipinski definition) is 3. The van der Waals surface area contributed by atoms with Crippen LogP contribution in [0.1, 0.15) is 41.4 Å². The molecule has 0 aliphatic rings. The first-order valence-electron chi connectivity index (χ1n) is 8.04. The molecule has 0 fully saturated rings. The Hall–Kier alpha value is -2.82. The predicted molar refractivity (Wildman–Crippen MR) is 93.4 cm³/mol. The Morgan fingerprint density at radius 1 is 1.33 bits per heavy atom. The van der Waals surface area contributed by atoms with Crippen molar-refractivity contribution in [3.63, 3.8) is 0 Å². The molecule has 0 saturated carbocycles. The van der Waals surface area contributed by atoms with Crippen LogP contribution in [-0.2, 0) is 0 Å². The summed E-state index contributed by atoms with van der Waals surface area (Å²) in [4.78, 5) is 16.6. The fourth-order valence-electron chi connectivity index (χ4n) is 2.71. The highest BCUT2D eigenvalue weighted by molar-refractivity contribution is 5.95. The number of carbonyl (C=O) groups is 1. The van der Waals surface area contributed by atoms with Gasteiger partial charge < -0.3 is 14.5 Å². The molecule has 0 aliphatic heterocycles. The van der Waals surface area contributed by atoms with E-state index in [1.165, 1.54) is 0 Å². The van der Waals surface area contributed by atoms with Gasteiger partial charge in [-0.2, -0.15) is 0 Å². The number of pyridine rings is 1. The van der Waals surface area contributed by atoms with Crippen molar-refractivity contribution in [2.75, 3.05) is 6.61 Å². The Balaban J connectivity index is 1.82. The van der Waals surface area contributed by atoms with E-state index >= 15 is 0 Å². The number of rotatable bonds is 5. The summed E-state index contributed by atoms with van der Waals surface area (Å²) in [6.07, 6.45) is 5.27. The number of nitrogens with zero attached hydrogens (tertiary/aromatic N) is 2. The normalized spacial score (nSPS) is 12.1. The summed E-state index contributed by atoms with van der Waals surface area (Å²) < 4.78 is 7.55. The zero-order valence-corrected chi connectivity index (χ0v) is 14.1. The molecule has 1 N–H and O–H groups in total. The van der Waals surface area contributed by atoms with E-state index in [2.05, 4.69) is 16.4 Å². The van der Waals surface area contributed by atoms with Crippen molar-refractivity contribution in [1.29, 1.82) is 0 Å². The number of hydrogen-bond donors (Lipinski definition) is 1. The number of fused-ring (bicyclic) bond motifs is 1. The van der Waals surface area contributed by atoms with Crippen LogP contribution in [0.25, 0.3) is 5.52 Å². The lowest BCUT2D eigenvalue weighted by Crippen LogP contribution is -2.27. The number of aryl methyl sites for hydroxylation is 1. The topological polar surface area (TPSA) is 55.6 Å². The Bertz CT molecular complexity index is 870. The Kier molecular flexibility index (Phi) is 4.51. The van der Waals surface area contributed by atoms with Crippen molar-refractivity contribution in [3.8, 4) is 5.75 Å². The predicted octanol–water partition coefficient (Wildman–Crippen LogP) is 3.53. The highest BCUT2D eigenvalue weighted by Gasteiger charge is 2.16. The third kappa shape index (κ3) is 3.25. The minimum Gasteiger partial charge on any atom is -0.494 e. The van der Waals surface area contributed by atoms with Gasteiger partial charge in [0.2, 0.25) is 0 Å². The van der Waals surface area contributed by atoms with Gasteiger partial charge in [-0.05, 0) is 39.0 Å². The molecule has 2 heterocycles. The van der Waals surface area contributed by atoms with E-state index in [0.29, 0.717) is 12.2 Å². The minimum atomic E-state index is -0.153. The van der Waals surface area contributed by atoms with Crippen molar-refractivity contribution in [2.24, 2.45) is 0 Å². The SMILES string of the molecule is CCOc1ccc(C)cc1C(C)NC(=O)c1ccn2cncc2c1. The smallest absolute Gasteiger partial charge is 0.251 e. The zero-order chi connectivity index (χ0) is 17.1. The van der Waals surface area contributed by atoms with Crippen molar-refractivity contribution in [3.05, 3.63) is 65.7 Å². The van der Waals surface area contributed by atoms with Gasteiger partial charge in [0.1, 0.15) is 5.75 Å². The lowest BCUT2D eigenvalue weighted by Gasteiger charge is -2.19. The number of aromatic nitrogens is 2. The number of ether oxygens (including phenoxy) is 1. The third-order valence-electron chi connectivity index (χ3n) is 3.96. The molecule has 0 saturated heterocycles. The summed E-state index contributed by atoms with van der Waals surface area (Å²) in [6.45, 7) is 6.54. The van der Waals surface area contributed by atoms with Crippen molar-refractivity contribution in [2.45, 2.75) is 26.8 Å². The first-order chi connectivity index (χ1) is 11.6. The Morgan fingerprint density at radius 3 is 2.96 bits per heavy atom. The molecule has 1 amide bonds. The monoisotopic (exact) mass is 323 g/mol. The fourth-order valence-corrected chi connectivity index (χ4v) is 2.71. The quantitative estimate of drug-likeness (QED) is 0.781. The first-order valence-corrected chi connectivity index (χ1v) is 8.04. The van der Waals surface area contributed by atoms with E-state index in [1.807, 2.05) is 49.6 Å². The molecule has 0 spiro atoms. The Morgan fingerprint density at radius 2 is 2.17 bits per heavy atom. The number of nitrogens with one attached hydrogen (secondary N) is 1. The van der Waals surface area contributed by atoms with Gasteiger partial charge in [-0.1, -0.05) is 17.7 Å². The number of amides is 1. The van der Waals surface area contributed by atoms with Crippen molar-refractivity contribution in [1.82, 2.24) is 14.7 Å². The molecule has 5 nitrogen and oxygen atoms in total. The lowest BCUT2D eigenvalue weighted by atomic mass is 10.0. The van der Waals surface area contributed by atoms with Gasteiger partial charge in [0.15, 0.2) is 0 Å². The van der Waals surface area contributed by atoms with Gasteiger partial charge >= 0.3 is 0 Å². The van der Waals surface area contributed by atoms with E-state index in [-0.39, 0.29) is 11.9 Å². The molecule has 124 valence electrons. The maximum atomic E-state index is 12.6. The second-order valence-electron chi connectivity index (χ2n) is 5.81. The van der Waals surface area contributed by atoms with Crippen LogP contribution in [0.2, 0.25) is 0 Å². The van der Waals surface area contributed by atoms with Gasteiger partial charge in [-0.3, -0.25) is 4.79 Å². The van der Waals surface area contributed by atoms with Gasteiger partial charge in [-0.15, -0.1) is 0 Å². The maximum absolute atomic E-state index is 12.6. The summed E-state index contributed by atoms with van der Waals surface area (Å²) in [5.41, 5.74) is 3.62. The van der Waals surface area contributed by atoms with Crippen molar-refractivity contribution >= 4 is 11.4 Å². The summed E-state index contributed by atoms with van der Waals surface area (Å²) in [5, 5.41) is 3.05. The van der Waals surface area contributed by atoms with E-state index in [0.717, 1.165) is 22.4 Å². The van der Waals surface area contributed by atoms with Gasteiger partial charge in [-0.25, -0.2) is 4.98 Å². The van der Waals surface area contributed by atoms with E-state index < -0.39 is 0 Å². The number of imidazole rings is 1. The van der Waals surface area contributed by atoms with Crippen LogP contribution in [0, 0.1) is 6.92 Å². The van der Waals surface area contributed by atoms with Crippen LogP contribution in [-0.4, -0.2) is 21.9 Å². The van der Waals surface area contributed by atoms with E-state index in [9.17, 15) is 4.79 Å². The molecule has 0 radical (unpaired) electrons. The molecule has 1 aromatic carbocycles. The van der Waals surface area contributed by atoms with Crippen LogP contribution >= 0.6 is 0 Å². The molecule has 5 heteroatoms. The van der Waals surface area contributed by atoms with Gasteiger partial charge in [0, 0.05) is 17.3 Å². The fraction of sp³-hybridized carbons (Fsp3) is 0.263. The second-order valence-corrected chi connectivity index (χ2v) is 5.81. The molecule has 24 heavy (non-hydrogen) atoms. The van der Waals surface area contributed by atoms with Gasteiger partial charge in [0.05, 0.1) is 30.7 Å². The molecule has 1 atom stereocenters. The maximum Gasteiger partial charge on any atom is 0.251 e. The van der Waals surface area contributed by atoms with Crippen molar-refractivity contribution < 1.29 is 9.53 Å². The highest BCUT2D eigenvalue weighted by Crippen LogP contribution is 2.26. The van der Waals surface area contributed by atoms with Gasteiger partial charge in [0.25, 0.3) is 5.91 Å². The standard InChI is InChI=1S/C19H21N3O2/c1-4-24-18-6-5-13(2)9-17(18)14(3)21-19(23)15-7-8-22-12-20-11-16(22)10-15/h5-12,14H,4H2,1-3H3,(H,21,23). The number of carbonyl (C=O) groups excluding carboxylic acids is 1. The largest absolute Gasteiger partial charge is 0.494 e. The van der Waals surface area contributed by atoms with Crippen LogP contribution in [0.4, 0.5) is 0 Å². The first kappa shape index (κ1) is 16.1. The minimum absolute atomic E-state index is 0.116. The molecule has 1 unspecified atom stereocenters. The van der Waals surface area contributed by atoms with E-state index in [1.54, 1.807) is 18.6 Å². The summed E-state index contributed by atoms with van der Waals surface area (Å²) in [6, 6.07) is 9.48.